The van der Waals surface area contributed by atoms with Crippen LogP contribution < -0.4 is 10.6 Å². The number of carbonyl (C=O) groups is 2. The first-order chi connectivity index (χ1) is 19.1. The van der Waals surface area contributed by atoms with Crippen molar-refractivity contribution >= 4 is 28.7 Å². The fraction of sp³-hybridized carbons (Fsp3) is 0.290. The summed E-state index contributed by atoms with van der Waals surface area (Å²) < 4.78 is 15.2. The fourth-order valence-corrected chi connectivity index (χ4v) is 4.95. The number of H-pyrrole nitrogens is 1. The van der Waals surface area contributed by atoms with Crippen molar-refractivity contribution in [1.82, 2.24) is 25.4 Å². The fourth-order valence-electron chi connectivity index (χ4n) is 4.95. The van der Waals surface area contributed by atoms with Gasteiger partial charge in [0.25, 0.3) is 5.91 Å². The second kappa shape index (κ2) is 10.9. The SMILES string of the molecule is C=CC(=O)N1CCC(Nc2n[nH]c3nccc(-c4ccc(CNC(=O)c5ccc(C(C)(C)C)cc5)c(F)c4)c23)C1. The monoisotopic (exact) mass is 540 g/mol. The van der Waals surface area contributed by atoms with Crippen molar-refractivity contribution in [3.8, 4) is 11.1 Å². The number of fused-ring (bicyclic) bond motifs is 1. The molecule has 2 aromatic carbocycles. The average molecular weight is 541 g/mol. The first kappa shape index (κ1) is 27.1. The van der Waals surface area contributed by atoms with E-state index in [0.717, 1.165) is 22.9 Å². The van der Waals surface area contributed by atoms with Crippen LogP contribution in [0.4, 0.5) is 10.2 Å². The molecule has 0 bridgehead atoms. The van der Waals surface area contributed by atoms with Gasteiger partial charge < -0.3 is 15.5 Å². The Hall–Kier alpha value is -4.53. The first-order valence-corrected chi connectivity index (χ1v) is 13.3. The summed E-state index contributed by atoms with van der Waals surface area (Å²) in [6, 6.07) is 14.3. The minimum absolute atomic E-state index is 0.00286. The Kier molecular flexibility index (Phi) is 7.38. The van der Waals surface area contributed by atoms with E-state index in [1.807, 2.05) is 24.3 Å². The van der Waals surface area contributed by atoms with Crippen LogP contribution in [0, 0.1) is 5.82 Å². The molecule has 206 valence electrons. The van der Waals surface area contributed by atoms with Crippen LogP contribution in [0.15, 0.2) is 67.4 Å². The van der Waals surface area contributed by atoms with Gasteiger partial charge in [-0.25, -0.2) is 9.37 Å². The van der Waals surface area contributed by atoms with Crippen LogP contribution in [0.2, 0.25) is 0 Å². The number of benzene rings is 2. The number of likely N-dealkylation sites (tertiary alicyclic amines) is 1. The van der Waals surface area contributed by atoms with Crippen molar-refractivity contribution in [2.24, 2.45) is 0 Å². The maximum atomic E-state index is 15.2. The second-order valence-electron chi connectivity index (χ2n) is 11.1. The number of aromatic amines is 1. The largest absolute Gasteiger partial charge is 0.363 e. The van der Waals surface area contributed by atoms with Gasteiger partial charge in [0, 0.05) is 43.0 Å². The van der Waals surface area contributed by atoms with E-state index >= 15 is 4.39 Å². The molecule has 40 heavy (non-hydrogen) atoms. The van der Waals surface area contributed by atoms with Crippen molar-refractivity contribution < 1.29 is 14.0 Å². The van der Waals surface area contributed by atoms with Gasteiger partial charge in [0.2, 0.25) is 5.91 Å². The molecule has 1 unspecified atom stereocenters. The van der Waals surface area contributed by atoms with E-state index in [1.54, 1.807) is 29.3 Å². The van der Waals surface area contributed by atoms with E-state index in [-0.39, 0.29) is 29.8 Å². The second-order valence-corrected chi connectivity index (χ2v) is 11.1. The third kappa shape index (κ3) is 5.59. The topological polar surface area (TPSA) is 103 Å². The molecule has 8 nitrogen and oxygen atoms in total. The molecule has 1 atom stereocenters. The summed E-state index contributed by atoms with van der Waals surface area (Å²) in [4.78, 5) is 30.7. The number of hydrogen-bond donors (Lipinski definition) is 3. The number of nitrogens with one attached hydrogen (secondary N) is 3. The minimum atomic E-state index is -0.418. The predicted octanol–water partition coefficient (Wildman–Crippen LogP) is 5.19. The number of amides is 2. The van der Waals surface area contributed by atoms with Crippen molar-refractivity contribution in [3.05, 3.63) is 89.9 Å². The molecule has 5 rings (SSSR count). The molecule has 0 saturated carbocycles. The summed E-state index contributed by atoms with van der Waals surface area (Å²) in [6.07, 6.45) is 3.75. The Bertz CT molecular complexity index is 1570. The molecule has 2 amide bonds. The van der Waals surface area contributed by atoms with E-state index in [4.69, 9.17) is 0 Å². The van der Waals surface area contributed by atoms with Crippen LogP contribution >= 0.6 is 0 Å². The summed E-state index contributed by atoms with van der Waals surface area (Å²) in [5.41, 5.74) is 4.06. The summed E-state index contributed by atoms with van der Waals surface area (Å²) in [7, 11) is 0. The predicted molar refractivity (Wildman–Crippen MR) is 154 cm³/mol. The van der Waals surface area contributed by atoms with Gasteiger partial charge in [-0.1, -0.05) is 51.6 Å². The number of aromatic nitrogens is 3. The number of pyridine rings is 1. The van der Waals surface area contributed by atoms with E-state index in [1.165, 1.54) is 12.1 Å². The molecule has 3 N–H and O–H groups in total. The normalized spacial score (nSPS) is 15.3. The van der Waals surface area contributed by atoms with Gasteiger partial charge in [0.1, 0.15) is 5.82 Å². The standard InChI is InChI=1S/C31H33FN6O2/c1-5-26(39)38-15-13-23(18-38)35-29-27-24(12-14-33-28(27)36-37-29)20-6-7-21(25(32)16-20)17-34-30(40)19-8-10-22(11-9-19)31(2,3)4/h5-12,14,16,23H,1,13,15,17-18H2,2-4H3,(H,34,40)(H2,33,35,36,37). The molecule has 2 aromatic heterocycles. The third-order valence-corrected chi connectivity index (χ3v) is 7.29. The Labute approximate surface area is 232 Å². The highest BCUT2D eigenvalue weighted by atomic mass is 19.1. The molecular formula is C31H33FN6O2. The molecule has 1 saturated heterocycles. The van der Waals surface area contributed by atoms with Crippen LogP contribution in [0.3, 0.4) is 0 Å². The summed E-state index contributed by atoms with van der Waals surface area (Å²) >= 11 is 0. The van der Waals surface area contributed by atoms with Gasteiger partial charge in [-0.05, 0) is 58.9 Å². The van der Waals surface area contributed by atoms with Crippen LogP contribution in [0.5, 0.6) is 0 Å². The van der Waals surface area contributed by atoms with Gasteiger partial charge in [-0.15, -0.1) is 0 Å². The van der Waals surface area contributed by atoms with Gasteiger partial charge >= 0.3 is 0 Å². The van der Waals surface area contributed by atoms with Crippen molar-refractivity contribution in [3.63, 3.8) is 0 Å². The van der Waals surface area contributed by atoms with Crippen molar-refractivity contribution in [2.75, 3.05) is 18.4 Å². The quantitative estimate of drug-likeness (QED) is 0.280. The van der Waals surface area contributed by atoms with Crippen LogP contribution in [-0.4, -0.2) is 51.0 Å². The number of nitrogens with zero attached hydrogens (tertiary/aromatic N) is 3. The zero-order chi connectivity index (χ0) is 28.4. The van der Waals surface area contributed by atoms with E-state index in [2.05, 4.69) is 53.2 Å². The lowest BCUT2D eigenvalue weighted by atomic mass is 9.87. The Morgan fingerprint density at radius 2 is 1.95 bits per heavy atom. The van der Waals surface area contributed by atoms with E-state index in [0.29, 0.717) is 41.2 Å². The van der Waals surface area contributed by atoms with E-state index in [9.17, 15) is 9.59 Å². The molecule has 4 aromatic rings. The lowest BCUT2D eigenvalue weighted by Gasteiger charge is -2.19. The molecular weight excluding hydrogens is 507 g/mol. The zero-order valence-corrected chi connectivity index (χ0v) is 22.9. The maximum Gasteiger partial charge on any atom is 0.251 e. The summed E-state index contributed by atoms with van der Waals surface area (Å²) in [6.45, 7) is 11.2. The summed E-state index contributed by atoms with van der Waals surface area (Å²) in [5, 5.41) is 14.3. The number of hydrogen-bond acceptors (Lipinski definition) is 5. The average Bonchev–Trinajstić information content (AvgIpc) is 3.59. The smallest absolute Gasteiger partial charge is 0.251 e. The number of anilines is 1. The Morgan fingerprint density at radius 1 is 1.18 bits per heavy atom. The van der Waals surface area contributed by atoms with Gasteiger partial charge in [0.05, 0.1) is 5.39 Å². The van der Waals surface area contributed by atoms with Crippen molar-refractivity contribution in [1.29, 1.82) is 0 Å². The summed E-state index contributed by atoms with van der Waals surface area (Å²) in [5.74, 6) is -0.165. The van der Waals surface area contributed by atoms with Crippen LogP contribution in [0.1, 0.15) is 48.7 Å². The van der Waals surface area contributed by atoms with Crippen LogP contribution in [-0.2, 0) is 16.8 Å². The first-order valence-electron chi connectivity index (χ1n) is 13.3. The molecule has 1 fully saturated rings. The number of halogens is 1. The highest BCUT2D eigenvalue weighted by molar-refractivity contribution is 6.00. The maximum absolute atomic E-state index is 15.2. The molecule has 0 radical (unpaired) electrons. The molecule has 0 aliphatic carbocycles. The highest BCUT2D eigenvalue weighted by Crippen LogP contribution is 2.33. The van der Waals surface area contributed by atoms with E-state index < -0.39 is 5.82 Å². The Balaban J connectivity index is 1.31. The zero-order valence-electron chi connectivity index (χ0n) is 22.9. The molecule has 1 aliphatic rings. The Morgan fingerprint density at radius 3 is 2.65 bits per heavy atom. The number of carbonyl (C=O) groups excluding carboxylic acids is 2. The lowest BCUT2D eigenvalue weighted by molar-refractivity contribution is -0.125. The van der Waals surface area contributed by atoms with Crippen LogP contribution in [0.25, 0.3) is 22.2 Å². The molecule has 3 heterocycles. The highest BCUT2D eigenvalue weighted by Gasteiger charge is 2.26. The molecule has 1 aliphatic heterocycles. The third-order valence-electron chi connectivity index (χ3n) is 7.29. The lowest BCUT2D eigenvalue weighted by Crippen LogP contribution is -2.30. The minimum Gasteiger partial charge on any atom is -0.363 e. The van der Waals surface area contributed by atoms with Gasteiger partial charge in [-0.3, -0.25) is 14.7 Å². The number of rotatable bonds is 7. The molecule has 9 heteroatoms. The van der Waals surface area contributed by atoms with Gasteiger partial charge in [-0.2, -0.15) is 5.10 Å². The van der Waals surface area contributed by atoms with Crippen molar-refractivity contribution in [2.45, 2.75) is 45.2 Å². The molecule has 0 spiro atoms. The van der Waals surface area contributed by atoms with Gasteiger partial charge in [0.15, 0.2) is 11.5 Å².